The Kier molecular flexibility index (Phi) is 4.58. The van der Waals surface area contributed by atoms with Crippen molar-refractivity contribution in [1.29, 1.82) is 0 Å². The average molecular weight is 255 g/mol. The van der Waals surface area contributed by atoms with Crippen molar-refractivity contribution in [2.24, 2.45) is 11.8 Å². The monoisotopic (exact) mass is 255 g/mol. The normalized spacial score (nSPS) is 26.3. The summed E-state index contributed by atoms with van der Waals surface area (Å²) in [5.74, 6) is -0.424. The fourth-order valence-electron chi connectivity index (χ4n) is 2.71. The third-order valence-electron chi connectivity index (χ3n) is 4.00. The summed E-state index contributed by atoms with van der Waals surface area (Å²) < 4.78 is 5.30. The number of ether oxygens (including phenoxy) is 1. The summed E-state index contributed by atoms with van der Waals surface area (Å²) in [5, 5.41) is 9.00. The number of carboxylic acid groups (broad SMARTS) is 1. The Hall–Kier alpha value is -1.10. The third kappa shape index (κ3) is 3.45. The van der Waals surface area contributed by atoms with Crippen molar-refractivity contribution in [3.63, 3.8) is 0 Å². The minimum Gasteiger partial charge on any atom is -0.481 e. The quantitative estimate of drug-likeness (QED) is 0.817. The second kappa shape index (κ2) is 6.18. The van der Waals surface area contributed by atoms with Crippen LogP contribution in [0.5, 0.6) is 0 Å². The molecule has 2 saturated heterocycles. The highest BCUT2D eigenvalue weighted by Gasteiger charge is 2.30. The Morgan fingerprint density at radius 2 is 2.06 bits per heavy atom. The lowest BCUT2D eigenvalue weighted by Gasteiger charge is -2.32. The lowest BCUT2D eigenvalue weighted by atomic mass is 9.94. The first kappa shape index (κ1) is 13.3. The number of amides is 1. The second-order valence-electron chi connectivity index (χ2n) is 5.26. The van der Waals surface area contributed by atoms with Crippen LogP contribution in [-0.4, -0.2) is 48.2 Å². The largest absolute Gasteiger partial charge is 0.481 e. The van der Waals surface area contributed by atoms with E-state index in [4.69, 9.17) is 9.84 Å². The van der Waals surface area contributed by atoms with Gasteiger partial charge >= 0.3 is 5.97 Å². The molecule has 1 unspecified atom stereocenters. The van der Waals surface area contributed by atoms with Gasteiger partial charge in [-0.05, 0) is 31.6 Å². The van der Waals surface area contributed by atoms with E-state index in [2.05, 4.69) is 0 Å². The summed E-state index contributed by atoms with van der Waals surface area (Å²) in [7, 11) is 0. The molecule has 1 amide bonds. The number of likely N-dealkylation sites (tertiary alicyclic amines) is 1. The van der Waals surface area contributed by atoms with Gasteiger partial charge in [-0.3, -0.25) is 9.59 Å². The van der Waals surface area contributed by atoms with Crippen molar-refractivity contribution < 1.29 is 19.4 Å². The molecule has 18 heavy (non-hydrogen) atoms. The number of carboxylic acids is 1. The van der Waals surface area contributed by atoms with Gasteiger partial charge < -0.3 is 14.7 Å². The molecule has 2 aliphatic rings. The highest BCUT2D eigenvalue weighted by atomic mass is 16.5. The number of rotatable bonds is 4. The van der Waals surface area contributed by atoms with Gasteiger partial charge in [0.25, 0.3) is 0 Å². The maximum Gasteiger partial charge on any atom is 0.308 e. The number of hydrogen-bond donors (Lipinski definition) is 1. The summed E-state index contributed by atoms with van der Waals surface area (Å²) in [4.78, 5) is 24.4. The van der Waals surface area contributed by atoms with Crippen molar-refractivity contribution in [2.45, 2.75) is 32.1 Å². The lowest BCUT2D eigenvalue weighted by Crippen LogP contribution is -2.43. The molecule has 0 saturated carbocycles. The molecule has 0 aromatic carbocycles. The minimum atomic E-state index is -0.779. The molecule has 102 valence electrons. The first-order valence-electron chi connectivity index (χ1n) is 6.75. The van der Waals surface area contributed by atoms with E-state index in [0.29, 0.717) is 31.8 Å². The van der Waals surface area contributed by atoms with Crippen LogP contribution in [0, 0.1) is 11.8 Å². The fourth-order valence-corrected chi connectivity index (χ4v) is 2.71. The molecule has 5 heteroatoms. The predicted molar refractivity (Wildman–Crippen MR) is 65.1 cm³/mol. The van der Waals surface area contributed by atoms with E-state index in [1.54, 1.807) is 4.90 Å². The van der Waals surface area contributed by atoms with Crippen LogP contribution < -0.4 is 0 Å². The van der Waals surface area contributed by atoms with Crippen molar-refractivity contribution in [3.8, 4) is 0 Å². The molecule has 0 aromatic heterocycles. The van der Waals surface area contributed by atoms with Crippen molar-refractivity contribution >= 4 is 11.9 Å². The van der Waals surface area contributed by atoms with E-state index in [1.165, 1.54) is 0 Å². The van der Waals surface area contributed by atoms with Gasteiger partial charge in [0.05, 0.1) is 5.92 Å². The summed E-state index contributed by atoms with van der Waals surface area (Å²) in [6.45, 7) is 2.72. The van der Waals surface area contributed by atoms with Crippen molar-refractivity contribution in [3.05, 3.63) is 0 Å². The molecule has 2 heterocycles. The first-order valence-corrected chi connectivity index (χ1v) is 6.75. The van der Waals surface area contributed by atoms with Crippen LogP contribution in [0.25, 0.3) is 0 Å². The van der Waals surface area contributed by atoms with Gasteiger partial charge in [-0.2, -0.15) is 0 Å². The van der Waals surface area contributed by atoms with E-state index in [1.807, 2.05) is 0 Å². The van der Waals surface area contributed by atoms with Crippen LogP contribution in [0.15, 0.2) is 0 Å². The number of aliphatic carboxylic acids is 1. The third-order valence-corrected chi connectivity index (χ3v) is 4.00. The molecule has 0 aromatic rings. The average Bonchev–Trinajstić information content (AvgIpc) is 2.38. The zero-order valence-corrected chi connectivity index (χ0v) is 10.6. The maximum absolute atomic E-state index is 11.7. The Morgan fingerprint density at radius 1 is 1.33 bits per heavy atom. The van der Waals surface area contributed by atoms with Crippen LogP contribution in [0.1, 0.15) is 32.1 Å². The van der Waals surface area contributed by atoms with Crippen LogP contribution >= 0.6 is 0 Å². The smallest absolute Gasteiger partial charge is 0.308 e. The van der Waals surface area contributed by atoms with Crippen molar-refractivity contribution in [2.75, 3.05) is 26.3 Å². The second-order valence-corrected chi connectivity index (χ2v) is 5.26. The number of carbonyl (C=O) groups is 2. The predicted octanol–water partition coefficient (Wildman–Crippen LogP) is 1.13. The Bertz CT molecular complexity index is 312. The van der Waals surface area contributed by atoms with E-state index in [0.717, 1.165) is 32.5 Å². The molecule has 0 radical (unpaired) electrons. The molecule has 2 fully saturated rings. The summed E-state index contributed by atoms with van der Waals surface area (Å²) in [6, 6.07) is 0. The van der Waals surface area contributed by atoms with Crippen LogP contribution in [0.2, 0.25) is 0 Å². The molecule has 1 N–H and O–H groups in total. The van der Waals surface area contributed by atoms with E-state index in [9.17, 15) is 9.59 Å². The molecule has 2 aliphatic heterocycles. The summed E-state index contributed by atoms with van der Waals surface area (Å²) in [5.41, 5.74) is 0. The summed E-state index contributed by atoms with van der Waals surface area (Å²) in [6.07, 6.45) is 3.96. The molecule has 0 aliphatic carbocycles. The first-order chi connectivity index (χ1) is 8.66. The molecule has 2 rings (SSSR count). The highest BCUT2D eigenvalue weighted by Crippen LogP contribution is 2.22. The molecule has 0 spiro atoms. The molecular formula is C13H21NO4. The SMILES string of the molecule is O=C(O)C1CCC(=O)N(CCC2CCOCC2)C1. The molecule has 0 bridgehead atoms. The summed E-state index contributed by atoms with van der Waals surface area (Å²) >= 11 is 0. The minimum absolute atomic E-state index is 0.111. The van der Waals surface area contributed by atoms with Gasteiger partial charge in [-0.15, -0.1) is 0 Å². The van der Waals surface area contributed by atoms with Gasteiger partial charge in [-0.1, -0.05) is 0 Å². The van der Waals surface area contributed by atoms with Gasteiger partial charge in [-0.25, -0.2) is 0 Å². The van der Waals surface area contributed by atoms with Gasteiger partial charge in [0.1, 0.15) is 0 Å². The topological polar surface area (TPSA) is 66.8 Å². The molecular weight excluding hydrogens is 234 g/mol. The maximum atomic E-state index is 11.7. The zero-order chi connectivity index (χ0) is 13.0. The number of piperidine rings is 1. The molecule has 5 nitrogen and oxygen atoms in total. The lowest BCUT2D eigenvalue weighted by molar-refractivity contribution is -0.147. The van der Waals surface area contributed by atoms with Gasteiger partial charge in [0.2, 0.25) is 5.91 Å². The van der Waals surface area contributed by atoms with Gasteiger partial charge in [0.15, 0.2) is 0 Å². The Labute approximate surface area is 107 Å². The molecule has 1 atom stereocenters. The van der Waals surface area contributed by atoms with Crippen LogP contribution in [0.3, 0.4) is 0 Å². The van der Waals surface area contributed by atoms with Gasteiger partial charge in [0, 0.05) is 32.7 Å². The Morgan fingerprint density at radius 3 is 2.72 bits per heavy atom. The van der Waals surface area contributed by atoms with Crippen LogP contribution in [-0.2, 0) is 14.3 Å². The van der Waals surface area contributed by atoms with E-state index < -0.39 is 5.97 Å². The fraction of sp³-hybridized carbons (Fsp3) is 0.846. The van der Waals surface area contributed by atoms with E-state index >= 15 is 0 Å². The number of nitrogens with zero attached hydrogens (tertiary/aromatic N) is 1. The standard InChI is InChI=1S/C13H21NO4/c15-12-2-1-11(13(16)17)9-14(12)6-3-10-4-7-18-8-5-10/h10-11H,1-9H2,(H,16,17). The number of hydrogen-bond acceptors (Lipinski definition) is 3. The highest BCUT2D eigenvalue weighted by molar-refractivity contribution is 5.80. The van der Waals surface area contributed by atoms with Crippen molar-refractivity contribution in [1.82, 2.24) is 4.90 Å². The van der Waals surface area contributed by atoms with E-state index in [-0.39, 0.29) is 11.8 Å². The Balaban J connectivity index is 1.79. The number of carbonyl (C=O) groups excluding carboxylic acids is 1. The van der Waals surface area contributed by atoms with Crippen LogP contribution in [0.4, 0.5) is 0 Å². The zero-order valence-electron chi connectivity index (χ0n) is 10.6.